The third-order valence-corrected chi connectivity index (χ3v) is 7.15. The average Bonchev–Trinajstić information content (AvgIpc) is 2.97. The number of aliphatic hydroxyl groups is 2. The van der Waals surface area contributed by atoms with Gasteiger partial charge in [-0.1, -0.05) is 36.2 Å². The standard InChI is InChI=1S/C24H33Cl2N3O4/c1-17-15-27(9-7-22(17)31)16-19(30)6-10-28-12-13-29(11-8-24(28)33)23(32)5-3-18-2-4-20(25)21(26)14-18/h2-5,14,17,19,22,30-31H,6-13,15-16H2,1H3/b5-3+/t17-,19?,22-/m0/s1. The monoisotopic (exact) mass is 497 g/mol. The summed E-state index contributed by atoms with van der Waals surface area (Å²) in [6.07, 6.45) is 3.86. The van der Waals surface area contributed by atoms with Crippen molar-refractivity contribution in [1.29, 1.82) is 0 Å². The maximum absolute atomic E-state index is 12.6. The molecule has 0 spiro atoms. The Morgan fingerprint density at radius 2 is 2.00 bits per heavy atom. The van der Waals surface area contributed by atoms with Crippen molar-refractivity contribution >= 4 is 41.1 Å². The number of benzene rings is 1. The molecule has 0 radical (unpaired) electrons. The molecule has 1 aromatic carbocycles. The van der Waals surface area contributed by atoms with Crippen molar-refractivity contribution in [2.45, 2.75) is 38.4 Å². The van der Waals surface area contributed by atoms with Gasteiger partial charge in [0.05, 0.1) is 22.3 Å². The third-order valence-electron chi connectivity index (χ3n) is 6.41. The number of β-amino-alcohol motifs (C(OH)–C–C–N with tert-alkyl or cyclic N) is 1. The van der Waals surface area contributed by atoms with Crippen molar-refractivity contribution in [2.24, 2.45) is 5.92 Å². The van der Waals surface area contributed by atoms with Gasteiger partial charge in [-0.15, -0.1) is 0 Å². The maximum atomic E-state index is 12.6. The van der Waals surface area contributed by atoms with Crippen LogP contribution in [0.1, 0.15) is 31.7 Å². The average molecular weight is 498 g/mol. The van der Waals surface area contributed by atoms with E-state index in [1.807, 2.05) is 6.92 Å². The van der Waals surface area contributed by atoms with Gasteiger partial charge in [0.25, 0.3) is 0 Å². The van der Waals surface area contributed by atoms with E-state index in [2.05, 4.69) is 4.90 Å². The molecule has 33 heavy (non-hydrogen) atoms. The van der Waals surface area contributed by atoms with Crippen LogP contribution in [0.4, 0.5) is 0 Å². The Kier molecular flexibility index (Phi) is 9.58. The third kappa shape index (κ3) is 7.69. The van der Waals surface area contributed by atoms with Crippen molar-refractivity contribution in [1.82, 2.24) is 14.7 Å². The number of hydrogen-bond acceptors (Lipinski definition) is 5. The molecule has 2 aliphatic rings. The Labute approximate surface area is 205 Å². The summed E-state index contributed by atoms with van der Waals surface area (Å²) in [5.74, 6) is 0.0465. The fourth-order valence-corrected chi connectivity index (χ4v) is 4.60. The second kappa shape index (κ2) is 12.2. The van der Waals surface area contributed by atoms with Crippen LogP contribution in [0.25, 0.3) is 6.08 Å². The molecule has 1 unspecified atom stereocenters. The SMILES string of the molecule is C[C@H]1CN(CC(O)CCN2CCN(C(=O)/C=C/c3ccc(Cl)c(Cl)c3)CCC2=O)CC[C@@H]1O. The number of carbonyl (C=O) groups excluding carboxylic acids is 2. The van der Waals surface area contributed by atoms with Crippen LogP contribution in [0.15, 0.2) is 24.3 Å². The lowest BCUT2D eigenvalue weighted by Gasteiger charge is -2.35. The number of halogens is 2. The molecule has 2 aliphatic heterocycles. The van der Waals surface area contributed by atoms with Crippen LogP contribution in [0.5, 0.6) is 0 Å². The maximum Gasteiger partial charge on any atom is 0.246 e. The van der Waals surface area contributed by atoms with Crippen molar-refractivity contribution in [2.75, 3.05) is 45.8 Å². The first-order valence-corrected chi connectivity index (χ1v) is 12.3. The van der Waals surface area contributed by atoms with Crippen molar-refractivity contribution in [3.8, 4) is 0 Å². The van der Waals surface area contributed by atoms with Crippen molar-refractivity contribution in [3.05, 3.63) is 39.9 Å². The summed E-state index contributed by atoms with van der Waals surface area (Å²) in [4.78, 5) is 30.7. The van der Waals surface area contributed by atoms with Crippen LogP contribution in [0.2, 0.25) is 10.0 Å². The fraction of sp³-hybridized carbons (Fsp3) is 0.583. The first-order chi connectivity index (χ1) is 15.7. The van der Waals surface area contributed by atoms with E-state index in [1.165, 1.54) is 6.08 Å². The van der Waals surface area contributed by atoms with Gasteiger partial charge in [-0.2, -0.15) is 0 Å². The van der Waals surface area contributed by atoms with Gasteiger partial charge in [-0.25, -0.2) is 0 Å². The Morgan fingerprint density at radius 3 is 2.73 bits per heavy atom. The molecule has 2 saturated heterocycles. The lowest BCUT2D eigenvalue weighted by molar-refractivity contribution is -0.130. The minimum atomic E-state index is -0.532. The Bertz CT molecular complexity index is 866. The van der Waals surface area contributed by atoms with Crippen LogP contribution in [0, 0.1) is 5.92 Å². The van der Waals surface area contributed by atoms with E-state index in [0.29, 0.717) is 49.2 Å². The van der Waals surface area contributed by atoms with E-state index in [-0.39, 0.29) is 30.3 Å². The summed E-state index contributed by atoms with van der Waals surface area (Å²) in [5.41, 5.74) is 0.775. The molecule has 0 bridgehead atoms. The molecule has 3 atom stereocenters. The van der Waals surface area contributed by atoms with E-state index in [1.54, 1.807) is 34.1 Å². The van der Waals surface area contributed by atoms with Gasteiger partial charge in [-0.05, 0) is 42.5 Å². The molecule has 3 rings (SSSR count). The van der Waals surface area contributed by atoms with Crippen molar-refractivity contribution in [3.63, 3.8) is 0 Å². The first kappa shape index (κ1) is 26.0. The number of piperidine rings is 1. The molecule has 7 nitrogen and oxygen atoms in total. The Balaban J connectivity index is 1.45. The quantitative estimate of drug-likeness (QED) is 0.565. The van der Waals surface area contributed by atoms with E-state index >= 15 is 0 Å². The number of hydrogen-bond donors (Lipinski definition) is 2. The van der Waals surface area contributed by atoms with E-state index in [0.717, 1.165) is 25.1 Å². The van der Waals surface area contributed by atoms with Gasteiger partial charge in [-0.3, -0.25) is 9.59 Å². The number of amides is 2. The Morgan fingerprint density at radius 1 is 1.21 bits per heavy atom. The summed E-state index contributed by atoms with van der Waals surface area (Å²) in [5, 5.41) is 21.2. The number of likely N-dealkylation sites (tertiary alicyclic amines) is 1. The summed E-state index contributed by atoms with van der Waals surface area (Å²) in [6.45, 7) is 5.85. The van der Waals surface area contributed by atoms with E-state index < -0.39 is 6.10 Å². The van der Waals surface area contributed by atoms with E-state index in [4.69, 9.17) is 23.2 Å². The summed E-state index contributed by atoms with van der Waals surface area (Å²) in [7, 11) is 0. The lowest BCUT2D eigenvalue weighted by Crippen LogP contribution is -2.45. The summed E-state index contributed by atoms with van der Waals surface area (Å²) >= 11 is 11.9. The van der Waals surface area contributed by atoms with Gasteiger partial charge in [0.2, 0.25) is 11.8 Å². The highest BCUT2D eigenvalue weighted by Crippen LogP contribution is 2.23. The molecule has 1 aromatic rings. The molecule has 2 N–H and O–H groups in total. The highest BCUT2D eigenvalue weighted by Gasteiger charge is 2.27. The largest absolute Gasteiger partial charge is 0.393 e. The topological polar surface area (TPSA) is 84.3 Å². The molecule has 2 heterocycles. The molecular weight excluding hydrogens is 465 g/mol. The van der Waals surface area contributed by atoms with Gasteiger partial charge >= 0.3 is 0 Å². The van der Waals surface area contributed by atoms with Crippen LogP contribution < -0.4 is 0 Å². The summed E-state index contributed by atoms with van der Waals surface area (Å²) in [6, 6.07) is 5.16. The second-order valence-electron chi connectivity index (χ2n) is 9.00. The van der Waals surface area contributed by atoms with Gasteiger partial charge in [0.1, 0.15) is 0 Å². The lowest BCUT2D eigenvalue weighted by atomic mass is 9.96. The molecule has 9 heteroatoms. The molecule has 2 fully saturated rings. The highest BCUT2D eigenvalue weighted by atomic mass is 35.5. The molecule has 0 aliphatic carbocycles. The van der Waals surface area contributed by atoms with Crippen molar-refractivity contribution < 1.29 is 19.8 Å². The Hall–Kier alpha value is -1.64. The second-order valence-corrected chi connectivity index (χ2v) is 9.81. The smallest absolute Gasteiger partial charge is 0.246 e. The summed E-state index contributed by atoms with van der Waals surface area (Å²) < 4.78 is 0. The van der Waals surface area contributed by atoms with Crippen LogP contribution >= 0.6 is 23.2 Å². The van der Waals surface area contributed by atoms with Crippen LogP contribution in [0.3, 0.4) is 0 Å². The molecule has 0 aromatic heterocycles. The zero-order valence-corrected chi connectivity index (χ0v) is 20.5. The highest BCUT2D eigenvalue weighted by molar-refractivity contribution is 6.42. The molecule has 0 saturated carbocycles. The van der Waals surface area contributed by atoms with Gasteiger partial charge in [0.15, 0.2) is 0 Å². The number of aliphatic hydroxyl groups excluding tert-OH is 2. The number of nitrogens with zero attached hydrogens (tertiary/aromatic N) is 3. The molecule has 2 amide bonds. The minimum absolute atomic E-state index is 0.000629. The number of carbonyl (C=O) groups is 2. The van der Waals surface area contributed by atoms with E-state index in [9.17, 15) is 19.8 Å². The normalized spacial score (nSPS) is 23.7. The minimum Gasteiger partial charge on any atom is -0.393 e. The predicted molar refractivity (Wildman–Crippen MR) is 130 cm³/mol. The van der Waals surface area contributed by atoms with Crippen LogP contribution in [-0.4, -0.2) is 94.7 Å². The number of rotatable bonds is 7. The zero-order chi connectivity index (χ0) is 24.0. The fourth-order valence-electron chi connectivity index (χ4n) is 4.29. The zero-order valence-electron chi connectivity index (χ0n) is 19.0. The first-order valence-electron chi connectivity index (χ1n) is 11.5. The molecule has 182 valence electrons. The predicted octanol–water partition coefficient (Wildman–Crippen LogP) is 2.52. The van der Waals surface area contributed by atoms with Crippen LogP contribution in [-0.2, 0) is 9.59 Å². The van der Waals surface area contributed by atoms with Gasteiger partial charge < -0.3 is 24.9 Å². The van der Waals surface area contributed by atoms with Gasteiger partial charge in [0, 0.05) is 58.3 Å². The molecular formula is C24H33Cl2N3O4.